The lowest BCUT2D eigenvalue weighted by atomic mass is 10.3. The quantitative estimate of drug-likeness (QED) is 0.918. The van der Waals surface area contributed by atoms with Gasteiger partial charge in [0.15, 0.2) is 0 Å². The zero-order chi connectivity index (χ0) is 10.7. The van der Waals surface area contributed by atoms with E-state index in [2.05, 4.69) is 44.6 Å². The molecule has 0 aliphatic rings. The number of rotatable bonds is 3. The van der Waals surface area contributed by atoms with Gasteiger partial charge >= 0.3 is 0 Å². The Morgan fingerprint density at radius 2 is 2.27 bits per heavy atom. The maximum absolute atomic E-state index is 4.24. The first-order valence-electron chi connectivity index (χ1n) is 4.68. The van der Waals surface area contributed by atoms with Crippen LogP contribution >= 0.6 is 27.3 Å². The summed E-state index contributed by atoms with van der Waals surface area (Å²) in [6.45, 7) is 2.13. The van der Waals surface area contributed by atoms with Crippen molar-refractivity contribution in [1.29, 1.82) is 0 Å². The van der Waals surface area contributed by atoms with Crippen LogP contribution in [0.25, 0.3) is 0 Å². The first-order chi connectivity index (χ1) is 7.27. The minimum absolute atomic E-state index is 0.272. The number of hydrogen-bond donors (Lipinski definition) is 1. The molecule has 0 radical (unpaired) electrons. The Morgan fingerprint density at radius 3 is 2.87 bits per heavy atom. The van der Waals surface area contributed by atoms with Gasteiger partial charge in [0.05, 0.1) is 6.04 Å². The van der Waals surface area contributed by atoms with Crippen LogP contribution in [0.5, 0.6) is 0 Å². The Balaban J connectivity index is 2.11. The molecular formula is C11H11BrN2S. The van der Waals surface area contributed by atoms with E-state index in [-0.39, 0.29) is 6.04 Å². The molecular weight excluding hydrogens is 272 g/mol. The smallest absolute Gasteiger partial charge is 0.126 e. The maximum atomic E-state index is 4.24. The second kappa shape index (κ2) is 4.77. The number of hydrogen-bond acceptors (Lipinski definition) is 3. The highest BCUT2D eigenvalue weighted by Crippen LogP contribution is 2.30. The second-order valence-corrected chi connectivity index (χ2v) is 5.02. The highest BCUT2D eigenvalue weighted by atomic mass is 79.9. The lowest BCUT2D eigenvalue weighted by Gasteiger charge is -2.13. The van der Waals surface area contributed by atoms with Crippen LogP contribution < -0.4 is 5.32 Å². The van der Waals surface area contributed by atoms with Gasteiger partial charge < -0.3 is 5.32 Å². The molecule has 2 rings (SSSR count). The van der Waals surface area contributed by atoms with Crippen molar-refractivity contribution in [2.45, 2.75) is 13.0 Å². The zero-order valence-electron chi connectivity index (χ0n) is 8.27. The lowest BCUT2D eigenvalue weighted by molar-refractivity contribution is 0.892. The van der Waals surface area contributed by atoms with Crippen LogP contribution in [-0.2, 0) is 0 Å². The molecule has 4 heteroatoms. The van der Waals surface area contributed by atoms with Crippen molar-refractivity contribution in [3.63, 3.8) is 0 Å². The van der Waals surface area contributed by atoms with E-state index in [9.17, 15) is 0 Å². The van der Waals surface area contributed by atoms with Crippen molar-refractivity contribution in [3.05, 3.63) is 45.2 Å². The molecule has 0 fully saturated rings. The third kappa shape index (κ3) is 2.58. The van der Waals surface area contributed by atoms with Crippen LogP contribution in [0.2, 0.25) is 0 Å². The Hall–Kier alpha value is -0.870. The standard InChI is InChI=1S/C11H11BrN2S/c1-8(11-9(12)5-7-15-11)14-10-4-2-3-6-13-10/h2-8H,1H3,(H,13,14). The van der Waals surface area contributed by atoms with Crippen LogP contribution in [0.4, 0.5) is 5.82 Å². The molecule has 0 saturated carbocycles. The van der Waals surface area contributed by atoms with Gasteiger partial charge in [-0.1, -0.05) is 6.07 Å². The summed E-state index contributed by atoms with van der Waals surface area (Å²) in [5.41, 5.74) is 0. The molecule has 2 aromatic heterocycles. The van der Waals surface area contributed by atoms with Gasteiger partial charge in [-0.15, -0.1) is 11.3 Å². The molecule has 1 unspecified atom stereocenters. The van der Waals surface area contributed by atoms with Crippen LogP contribution in [0.1, 0.15) is 17.8 Å². The molecule has 15 heavy (non-hydrogen) atoms. The van der Waals surface area contributed by atoms with Crippen molar-refractivity contribution < 1.29 is 0 Å². The van der Waals surface area contributed by atoms with E-state index in [0.29, 0.717) is 0 Å². The van der Waals surface area contributed by atoms with Gasteiger partial charge in [-0.25, -0.2) is 4.98 Å². The minimum Gasteiger partial charge on any atom is -0.363 e. The fraction of sp³-hybridized carbons (Fsp3) is 0.182. The van der Waals surface area contributed by atoms with E-state index < -0.39 is 0 Å². The molecule has 0 bridgehead atoms. The van der Waals surface area contributed by atoms with Gasteiger partial charge in [0.2, 0.25) is 0 Å². The average molecular weight is 283 g/mol. The predicted molar refractivity (Wildman–Crippen MR) is 68.3 cm³/mol. The minimum atomic E-state index is 0.272. The first kappa shape index (κ1) is 10.6. The Morgan fingerprint density at radius 1 is 1.40 bits per heavy atom. The van der Waals surface area contributed by atoms with Crippen molar-refractivity contribution in [1.82, 2.24) is 4.98 Å². The highest BCUT2D eigenvalue weighted by molar-refractivity contribution is 9.10. The Bertz CT molecular complexity index is 427. The molecule has 1 N–H and O–H groups in total. The number of halogens is 1. The van der Waals surface area contributed by atoms with E-state index in [4.69, 9.17) is 0 Å². The molecule has 0 aromatic carbocycles. The monoisotopic (exact) mass is 282 g/mol. The van der Waals surface area contributed by atoms with Gasteiger partial charge in [-0.05, 0) is 46.4 Å². The molecule has 0 saturated heterocycles. The molecule has 2 heterocycles. The summed E-state index contributed by atoms with van der Waals surface area (Å²) >= 11 is 5.27. The van der Waals surface area contributed by atoms with Crippen molar-refractivity contribution in [2.24, 2.45) is 0 Å². The van der Waals surface area contributed by atoms with E-state index in [1.54, 1.807) is 17.5 Å². The maximum Gasteiger partial charge on any atom is 0.126 e. The molecule has 1 atom stereocenters. The van der Waals surface area contributed by atoms with E-state index in [1.807, 2.05) is 18.2 Å². The summed E-state index contributed by atoms with van der Waals surface area (Å²) in [5, 5.41) is 5.43. The molecule has 0 aliphatic carbocycles. The molecule has 0 aliphatic heterocycles. The van der Waals surface area contributed by atoms with Gasteiger partial charge in [-0.2, -0.15) is 0 Å². The lowest BCUT2D eigenvalue weighted by Crippen LogP contribution is -2.06. The molecule has 2 nitrogen and oxygen atoms in total. The number of anilines is 1. The summed E-state index contributed by atoms with van der Waals surface area (Å²) in [7, 11) is 0. The van der Waals surface area contributed by atoms with Crippen LogP contribution in [-0.4, -0.2) is 4.98 Å². The number of pyridine rings is 1. The van der Waals surface area contributed by atoms with E-state index >= 15 is 0 Å². The van der Waals surface area contributed by atoms with Gasteiger partial charge in [0.1, 0.15) is 5.82 Å². The Labute approximate surface area is 101 Å². The van der Waals surface area contributed by atoms with Crippen LogP contribution in [0.3, 0.4) is 0 Å². The highest BCUT2D eigenvalue weighted by Gasteiger charge is 2.10. The van der Waals surface area contributed by atoms with Crippen LogP contribution in [0.15, 0.2) is 40.3 Å². The van der Waals surface area contributed by atoms with E-state index in [0.717, 1.165) is 10.3 Å². The fourth-order valence-corrected chi connectivity index (χ4v) is 3.08. The van der Waals surface area contributed by atoms with Gasteiger partial charge in [0, 0.05) is 15.5 Å². The third-order valence-corrected chi connectivity index (χ3v) is 4.12. The normalized spacial score (nSPS) is 12.4. The number of aromatic nitrogens is 1. The number of thiophene rings is 1. The van der Waals surface area contributed by atoms with Crippen molar-refractivity contribution >= 4 is 33.1 Å². The number of nitrogens with zero attached hydrogens (tertiary/aromatic N) is 1. The van der Waals surface area contributed by atoms with Gasteiger partial charge in [0.25, 0.3) is 0 Å². The summed E-state index contributed by atoms with van der Waals surface area (Å²) in [6, 6.07) is 8.20. The average Bonchev–Trinajstić information content (AvgIpc) is 2.66. The predicted octanol–water partition coefficient (Wildman–Crippen LogP) is 4.08. The molecule has 2 aromatic rings. The zero-order valence-corrected chi connectivity index (χ0v) is 10.7. The first-order valence-corrected chi connectivity index (χ1v) is 6.35. The molecule has 0 spiro atoms. The SMILES string of the molecule is CC(Nc1ccccn1)c1sccc1Br. The topological polar surface area (TPSA) is 24.9 Å². The van der Waals surface area contributed by atoms with E-state index in [1.165, 1.54) is 4.88 Å². The molecule has 78 valence electrons. The summed E-state index contributed by atoms with van der Waals surface area (Å²) < 4.78 is 1.16. The van der Waals surface area contributed by atoms with Crippen molar-refractivity contribution in [3.8, 4) is 0 Å². The number of nitrogens with one attached hydrogen (secondary N) is 1. The van der Waals surface area contributed by atoms with Crippen LogP contribution in [0, 0.1) is 0 Å². The largest absolute Gasteiger partial charge is 0.363 e. The summed E-state index contributed by atoms with van der Waals surface area (Å²) in [4.78, 5) is 5.53. The van der Waals surface area contributed by atoms with Crippen molar-refractivity contribution in [2.75, 3.05) is 5.32 Å². The Kier molecular flexibility index (Phi) is 3.38. The molecule has 0 amide bonds. The fourth-order valence-electron chi connectivity index (χ4n) is 1.35. The second-order valence-electron chi connectivity index (χ2n) is 3.21. The van der Waals surface area contributed by atoms with Gasteiger partial charge in [-0.3, -0.25) is 0 Å². The third-order valence-electron chi connectivity index (χ3n) is 2.07. The summed E-state index contributed by atoms with van der Waals surface area (Å²) in [5.74, 6) is 0.908. The summed E-state index contributed by atoms with van der Waals surface area (Å²) in [6.07, 6.45) is 1.79.